The second-order valence-electron chi connectivity index (χ2n) is 2.82. The van der Waals surface area contributed by atoms with Crippen molar-refractivity contribution in [2.45, 2.75) is 19.4 Å². The largest absolute Gasteiger partial charge is 0.325 e. The summed E-state index contributed by atoms with van der Waals surface area (Å²) in [5.74, 6) is 0. The zero-order valence-corrected chi connectivity index (χ0v) is 9.26. The van der Waals surface area contributed by atoms with Crippen LogP contribution >= 0.6 is 15.9 Å². The van der Waals surface area contributed by atoms with Crippen LogP contribution in [0.1, 0.15) is 23.2 Å². The van der Waals surface area contributed by atoms with Crippen LogP contribution in [0.5, 0.6) is 0 Å². The molecular weight excluding hydrogens is 268 g/mol. The number of nitrogens with two attached hydrogens (primary N) is 1. The monoisotopic (exact) mass is 275 g/mol. The SMILES string of the molecule is N#CCc1cc(CN)nc(Br)c1C(F)F. The smallest absolute Gasteiger partial charge is 0.266 e. The van der Waals surface area contributed by atoms with Crippen LogP contribution in [0.4, 0.5) is 8.78 Å². The minimum atomic E-state index is -2.65. The van der Waals surface area contributed by atoms with Crippen molar-refractivity contribution in [3.05, 3.63) is 27.5 Å². The molecule has 0 aliphatic heterocycles. The molecule has 0 aromatic carbocycles. The van der Waals surface area contributed by atoms with Crippen molar-refractivity contribution >= 4 is 15.9 Å². The molecule has 1 rings (SSSR count). The maximum Gasteiger partial charge on any atom is 0.266 e. The first kappa shape index (κ1) is 12.0. The Bertz CT molecular complexity index is 401. The fraction of sp³-hybridized carbons (Fsp3) is 0.333. The van der Waals surface area contributed by atoms with Crippen molar-refractivity contribution in [2.75, 3.05) is 0 Å². The summed E-state index contributed by atoms with van der Waals surface area (Å²) in [7, 11) is 0. The van der Waals surface area contributed by atoms with Crippen LogP contribution in [0.25, 0.3) is 0 Å². The fourth-order valence-electron chi connectivity index (χ4n) is 1.20. The van der Waals surface area contributed by atoms with E-state index in [-0.39, 0.29) is 28.7 Å². The normalized spacial score (nSPS) is 10.4. The lowest BCUT2D eigenvalue weighted by molar-refractivity contribution is 0.149. The summed E-state index contributed by atoms with van der Waals surface area (Å²) >= 11 is 2.95. The van der Waals surface area contributed by atoms with E-state index < -0.39 is 6.43 Å². The number of nitrogens with zero attached hydrogens (tertiary/aromatic N) is 2. The van der Waals surface area contributed by atoms with Crippen LogP contribution in [0.2, 0.25) is 0 Å². The molecule has 15 heavy (non-hydrogen) atoms. The van der Waals surface area contributed by atoms with Gasteiger partial charge in [0.05, 0.1) is 23.7 Å². The van der Waals surface area contributed by atoms with Gasteiger partial charge in [0.15, 0.2) is 0 Å². The molecule has 0 bridgehead atoms. The lowest BCUT2D eigenvalue weighted by atomic mass is 10.1. The predicted octanol–water partition coefficient (Wildman–Crippen LogP) is 2.31. The zero-order chi connectivity index (χ0) is 11.4. The highest BCUT2D eigenvalue weighted by molar-refractivity contribution is 9.10. The van der Waals surface area contributed by atoms with E-state index >= 15 is 0 Å². The van der Waals surface area contributed by atoms with Gasteiger partial charge in [-0.3, -0.25) is 0 Å². The van der Waals surface area contributed by atoms with Gasteiger partial charge in [0.1, 0.15) is 4.60 Å². The highest BCUT2D eigenvalue weighted by Gasteiger charge is 2.18. The Morgan fingerprint density at radius 3 is 2.73 bits per heavy atom. The Morgan fingerprint density at radius 2 is 2.27 bits per heavy atom. The zero-order valence-electron chi connectivity index (χ0n) is 7.67. The van der Waals surface area contributed by atoms with Crippen molar-refractivity contribution in [1.29, 1.82) is 5.26 Å². The maximum absolute atomic E-state index is 12.6. The summed E-state index contributed by atoms with van der Waals surface area (Å²) in [6.45, 7) is 0.153. The molecule has 0 unspecified atom stereocenters. The quantitative estimate of drug-likeness (QED) is 0.861. The van der Waals surface area contributed by atoms with Crippen LogP contribution in [0, 0.1) is 11.3 Å². The molecule has 1 heterocycles. The molecule has 0 fully saturated rings. The fourth-order valence-corrected chi connectivity index (χ4v) is 1.85. The number of alkyl halides is 2. The van der Waals surface area contributed by atoms with E-state index in [1.165, 1.54) is 6.07 Å². The molecule has 0 atom stereocenters. The highest BCUT2D eigenvalue weighted by atomic mass is 79.9. The topological polar surface area (TPSA) is 62.7 Å². The highest BCUT2D eigenvalue weighted by Crippen LogP contribution is 2.30. The minimum absolute atomic E-state index is 0.0608. The van der Waals surface area contributed by atoms with Gasteiger partial charge in [0, 0.05) is 6.54 Å². The number of halogens is 3. The van der Waals surface area contributed by atoms with E-state index in [4.69, 9.17) is 11.0 Å². The molecule has 0 radical (unpaired) electrons. The summed E-state index contributed by atoms with van der Waals surface area (Å²) in [6.07, 6.45) is -2.73. The van der Waals surface area contributed by atoms with Gasteiger partial charge in [-0.15, -0.1) is 0 Å². The van der Waals surface area contributed by atoms with Crippen LogP contribution in [0.3, 0.4) is 0 Å². The Kier molecular flexibility index (Phi) is 4.12. The molecule has 1 aromatic rings. The van der Waals surface area contributed by atoms with Crippen molar-refractivity contribution in [2.24, 2.45) is 5.73 Å². The molecule has 6 heteroatoms. The molecule has 2 N–H and O–H groups in total. The third kappa shape index (κ3) is 2.70. The van der Waals surface area contributed by atoms with Gasteiger partial charge in [-0.05, 0) is 27.6 Å². The molecule has 0 aliphatic carbocycles. The van der Waals surface area contributed by atoms with Gasteiger partial charge in [0.25, 0.3) is 6.43 Å². The van der Waals surface area contributed by atoms with Crippen LogP contribution in [0.15, 0.2) is 10.7 Å². The van der Waals surface area contributed by atoms with Crippen molar-refractivity contribution in [1.82, 2.24) is 4.98 Å². The van der Waals surface area contributed by atoms with E-state index in [0.717, 1.165) is 0 Å². The van der Waals surface area contributed by atoms with Crippen LogP contribution < -0.4 is 5.73 Å². The number of rotatable bonds is 3. The molecule has 3 nitrogen and oxygen atoms in total. The van der Waals surface area contributed by atoms with Gasteiger partial charge < -0.3 is 5.73 Å². The predicted molar refractivity (Wildman–Crippen MR) is 54.1 cm³/mol. The van der Waals surface area contributed by atoms with Gasteiger partial charge >= 0.3 is 0 Å². The maximum atomic E-state index is 12.6. The summed E-state index contributed by atoms with van der Waals surface area (Å²) in [5.41, 5.74) is 5.88. The number of hydrogen-bond acceptors (Lipinski definition) is 3. The second-order valence-corrected chi connectivity index (χ2v) is 3.57. The number of hydrogen-bond donors (Lipinski definition) is 1. The van der Waals surface area contributed by atoms with Gasteiger partial charge in [-0.1, -0.05) is 0 Å². The van der Waals surface area contributed by atoms with Crippen molar-refractivity contribution in [3.8, 4) is 6.07 Å². The standard InChI is InChI=1S/C9H8BrF2N3/c10-8-7(9(11)12)5(1-2-13)3-6(4-14)15-8/h3,9H,1,4,14H2. The molecule has 1 aromatic heterocycles. The first-order valence-electron chi connectivity index (χ1n) is 4.13. The van der Waals surface area contributed by atoms with E-state index in [9.17, 15) is 8.78 Å². The van der Waals surface area contributed by atoms with Crippen molar-refractivity contribution < 1.29 is 8.78 Å². The third-order valence-corrected chi connectivity index (χ3v) is 2.45. The molecule has 0 amide bonds. The van der Waals surface area contributed by atoms with Crippen LogP contribution in [-0.2, 0) is 13.0 Å². The van der Waals surface area contributed by atoms with E-state index in [2.05, 4.69) is 20.9 Å². The summed E-state index contributed by atoms with van der Waals surface area (Å²) in [4.78, 5) is 3.86. The molecule has 0 saturated carbocycles. The van der Waals surface area contributed by atoms with E-state index in [1.807, 2.05) is 6.07 Å². The van der Waals surface area contributed by atoms with Gasteiger partial charge in [-0.2, -0.15) is 5.26 Å². The number of aromatic nitrogens is 1. The molecule has 0 aliphatic rings. The molecule has 0 saturated heterocycles. The third-order valence-electron chi connectivity index (χ3n) is 1.85. The summed E-state index contributed by atoms with van der Waals surface area (Å²) in [5, 5.41) is 8.52. The van der Waals surface area contributed by atoms with Crippen LogP contribution in [-0.4, -0.2) is 4.98 Å². The average molecular weight is 276 g/mol. The van der Waals surface area contributed by atoms with Gasteiger partial charge in [-0.25, -0.2) is 13.8 Å². The Labute approximate surface area is 94.0 Å². The van der Waals surface area contributed by atoms with Crippen molar-refractivity contribution in [3.63, 3.8) is 0 Å². The Balaban J connectivity index is 3.30. The number of pyridine rings is 1. The molecular formula is C9H8BrF2N3. The summed E-state index contributed by atoms with van der Waals surface area (Å²) in [6, 6.07) is 3.27. The second kappa shape index (κ2) is 5.14. The minimum Gasteiger partial charge on any atom is -0.325 e. The first-order valence-corrected chi connectivity index (χ1v) is 4.92. The average Bonchev–Trinajstić information content (AvgIpc) is 2.16. The Hall–Kier alpha value is -1.06. The lowest BCUT2D eigenvalue weighted by Gasteiger charge is -2.09. The first-order chi connectivity index (χ1) is 7.10. The molecule has 80 valence electrons. The van der Waals surface area contributed by atoms with E-state index in [0.29, 0.717) is 5.69 Å². The summed E-state index contributed by atoms with van der Waals surface area (Å²) < 4.78 is 25.3. The number of nitriles is 1. The van der Waals surface area contributed by atoms with E-state index in [1.54, 1.807) is 0 Å². The van der Waals surface area contributed by atoms with Gasteiger partial charge in [0.2, 0.25) is 0 Å². The molecule has 0 spiro atoms. The Morgan fingerprint density at radius 1 is 1.60 bits per heavy atom. The lowest BCUT2D eigenvalue weighted by Crippen LogP contribution is -2.05.